The molecule has 2 rings (SSSR count). The van der Waals surface area contributed by atoms with Gasteiger partial charge in [0, 0.05) is 24.0 Å². The van der Waals surface area contributed by atoms with Gasteiger partial charge in [0.15, 0.2) is 11.5 Å². The van der Waals surface area contributed by atoms with E-state index in [0.717, 1.165) is 11.3 Å². The van der Waals surface area contributed by atoms with Gasteiger partial charge in [-0.15, -0.1) is 0 Å². The maximum atomic E-state index is 12.3. The van der Waals surface area contributed by atoms with Gasteiger partial charge in [0.05, 0.1) is 33.1 Å². The van der Waals surface area contributed by atoms with Crippen LogP contribution in [0, 0.1) is 6.92 Å². The van der Waals surface area contributed by atoms with Crippen molar-refractivity contribution in [1.82, 2.24) is 10.3 Å². The van der Waals surface area contributed by atoms with Gasteiger partial charge in [-0.1, -0.05) is 6.07 Å². The molecule has 0 spiro atoms. The van der Waals surface area contributed by atoms with Crippen molar-refractivity contribution in [1.29, 1.82) is 0 Å². The zero-order chi connectivity index (χ0) is 18.4. The van der Waals surface area contributed by atoms with Crippen LogP contribution >= 0.6 is 0 Å². The van der Waals surface area contributed by atoms with E-state index < -0.39 is 0 Å². The predicted octanol–water partition coefficient (Wildman–Crippen LogP) is 3.30. The molecule has 0 radical (unpaired) electrons. The summed E-state index contributed by atoms with van der Waals surface area (Å²) in [7, 11) is 4.57. The van der Waals surface area contributed by atoms with E-state index in [1.165, 1.54) is 21.3 Å². The summed E-state index contributed by atoms with van der Waals surface area (Å²) in [5.74, 6) is 1.40. The maximum Gasteiger partial charge on any atom is 0.319 e. The Morgan fingerprint density at radius 2 is 1.72 bits per heavy atom. The Bertz CT molecular complexity index is 707. The highest BCUT2D eigenvalue weighted by atomic mass is 16.5. The van der Waals surface area contributed by atoms with Crippen molar-refractivity contribution < 1.29 is 19.0 Å². The zero-order valence-electron chi connectivity index (χ0n) is 15.0. The minimum atomic E-state index is -0.345. The number of nitrogens with one attached hydrogen (secondary N) is 2. The fraction of sp³-hybridized carbons (Fsp3) is 0.333. The summed E-state index contributed by atoms with van der Waals surface area (Å²) < 4.78 is 15.8. The lowest BCUT2D eigenvalue weighted by atomic mass is 10.1. The van der Waals surface area contributed by atoms with E-state index in [1.807, 2.05) is 26.0 Å². The summed E-state index contributed by atoms with van der Waals surface area (Å²) in [5.41, 5.74) is 2.38. The van der Waals surface area contributed by atoms with Crippen LogP contribution in [0.3, 0.4) is 0 Å². The van der Waals surface area contributed by atoms with Gasteiger partial charge in [-0.05, 0) is 25.5 Å². The van der Waals surface area contributed by atoms with Gasteiger partial charge in [-0.25, -0.2) is 4.79 Å². The van der Waals surface area contributed by atoms with Crippen LogP contribution < -0.4 is 24.8 Å². The highest BCUT2D eigenvalue weighted by Gasteiger charge is 2.15. The topological polar surface area (TPSA) is 81.7 Å². The first-order valence-electron chi connectivity index (χ1n) is 7.78. The van der Waals surface area contributed by atoms with Crippen LogP contribution in [0.25, 0.3) is 0 Å². The average molecular weight is 345 g/mol. The minimum absolute atomic E-state index is 0.185. The van der Waals surface area contributed by atoms with Crippen molar-refractivity contribution in [3.8, 4) is 17.2 Å². The summed E-state index contributed by atoms with van der Waals surface area (Å²) in [6, 6.07) is 6.65. The lowest BCUT2D eigenvalue weighted by molar-refractivity contribution is 0.249. The first-order chi connectivity index (χ1) is 12.0. The third-order valence-electron chi connectivity index (χ3n) is 3.70. The Hall–Kier alpha value is -2.96. The van der Waals surface area contributed by atoms with Crippen molar-refractivity contribution >= 4 is 11.7 Å². The van der Waals surface area contributed by atoms with E-state index in [1.54, 1.807) is 18.3 Å². The van der Waals surface area contributed by atoms with Gasteiger partial charge in [-0.2, -0.15) is 0 Å². The van der Waals surface area contributed by atoms with Gasteiger partial charge in [0.2, 0.25) is 5.75 Å². The number of hydrogen-bond acceptors (Lipinski definition) is 5. The van der Waals surface area contributed by atoms with Crippen LogP contribution in [-0.2, 0) is 0 Å². The van der Waals surface area contributed by atoms with Crippen LogP contribution in [0.2, 0.25) is 0 Å². The number of urea groups is 1. The number of aromatic nitrogens is 1. The lowest BCUT2D eigenvalue weighted by Gasteiger charge is -2.17. The summed E-state index contributed by atoms with van der Waals surface area (Å²) in [4.78, 5) is 16.5. The van der Waals surface area contributed by atoms with Gasteiger partial charge in [-0.3, -0.25) is 4.98 Å². The van der Waals surface area contributed by atoms with Gasteiger partial charge in [0.25, 0.3) is 0 Å². The number of methoxy groups -OCH3 is 3. The van der Waals surface area contributed by atoms with Crippen molar-refractivity contribution in [3.63, 3.8) is 0 Å². The van der Waals surface area contributed by atoms with Crippen molar-refractivity contribution in [3.05, 3.63) is 41.7 Å². The second-order valence-corrected chi connectivity index (χ2v) is 5.47. The van der Waals surface area contributed by atoms with Gasteiger partial charge >= 0.3 is 6.03 Å². The Kier molecular flexibility index (Phi) is 6.05. The van der Waals surface area contributed by atoms with Gasteiger partial charge in [0.1, 0.15) is 0 Å². The molecule has 0 unspecified atom stereocenters. The van der Waals surface area contributed by atoms with Crippen LogP contribution in [0.15, 0.2) is 30.5 Å². The predicted molar refractivity (Wildman–Crippen MR) is 95.6 cm³/mol. The smallest absolute Gasteiger partial charge is 0.319 e. The highest BCUT2D eigenvalue weighted by molar-refractivity contribution is 5.90. The molecule has 0 fully saturated rings. The summed E-state index contributed by atoms with van der Waals surface area (Å²) in [6.07, 6.45) is 1.75. The second-order valence-electron chi connectivity index (χ2n) is 5.47. The standard InChI is InChI=1S/C18H23N3O4/c1-11-6-7-13(10-19-11)12(2)20-18(22)21-14-8-15(23-3)17(25-5)16(9-14)24-4/h6-10,12H,1-5H3,(H2,20,21,22)/t12-/m1/s1. The van der Waals surface area contributed by atoms with Crippen LogP contribution in [-0.4, -0.2) is 32.3 Å². The number of nitrogens with zero attached hydrogens (tertiary/aromatic N) is 1. The summed E-state index contributed by atoms with van der Waals surface area (Å²) >= 11 is 0. The summed E-state index contributed by atoms with van der Waals surface area (Å²) in [6.45, 7) is 3.81. The number of ether oxygens (including phenoxy) is 3. The van der Waals surface area contributed by atoms with E-state index in [2.05, 4.69) is 15.6 Å². The molecule has 25 heavy (non-hydrogen) atoms. The van der Waals surface area contributed by atoms with Crippen LogP contribution in [0.4, 0.5) is 10.5 Å². The molecule has 134 valence electrons. The number of pyridine rings is 1. The van der Waals surface area contributed by atoms with E-state index in [4.69, 9.17) is 14.2 Å². The molecular formula is C18H23N3O4. The van der Waals surface area contributed by atoms with Crippen molar-refractivity contribution in [2.75, 3.05) is 26.6 Å². The molecule has 1 aromatic heterocycles. The largest absolute Gasteiger partial charge is 0.493 e. The third-order valence-corrected chi connectivity index (χ3v) is 3.70. The number of rotatable bonds is 6. The Morgan fingerprint density at radius 1 is 1.08 bits per heavy atom. The Balaban J connectivity index is 2.10. The molecule has 0 aliphatic rings. The normalized spacial score (nSPS) is 11.4. The van der Waals surface area contributed by atoms with Gasteiger partial charge < -0.3 is 24.8 Å². The fourth-order valence-electron chi connectivity index (χ4n) is 2.34. The molecular weight excluding hydrogens is 322 g/mol. The zero-order valence-corrected chi connectivity index (χ0v) is 15.0. The average Bonchev–Trinajstić information content (AvgIpc) is 2.61. The Morgan fingerprint density at radius 3 is 2.20 bits per heavy atom. The molecule has 0 aliphatic heterocycles. The third kappa shape index (κ3) is 4.53. The number of amides is 2. The molecule has 0 saturated carbocycles. The maximum absolute atomic E-state index is 12.3. The molecule has 1 aromatic carbocycles. The summed E-state index contributed by atoms with van der Waals surface area (Å²) in [5, 5.41) is 5.63. The van der Waals surface area contributed by atoms with Crippen molar-refractivity contribution in [2.24, 2.45) is 0 Å². The quantitative estimate of drug-likeness (QED) is 0.839. The number of benzene rings is 1. The lowest BCUT2D eigenvalue weighted by Crippen LogP contribution is -2.31. The van der Waals surface area contributed by atoms with E-state index in [0.29, 0.717) is 22.9 Å². The molecule has 2 amide bonds. The van der Waals surface area contributed by atoms with Crippen LogP contribution in [0.5, 0.6) is 17.2 Å². The number of anilines is 1. The molecule has 2 N–H and O–H groups in total. The molecule has 7 nitrogen and oxygen atoms in total. The highest BCUT2D eigenvalue weighted by Crippen LogP contribution is 2.39. The minimum Gasteiger partial charge on any atom is -0.493 e. The monoisotopic (exact) mass is 345 g/mol. The molecule has 1 atom stereocenters. The SMILES string of the molecule is COc1cc(NC(=O)N[C@H](C)c2ccc(C)nc2)cc(OC)c1OC. The molecule has 0 saturated heterocycles. The van der Waals surface area contributed by atoms with E-state index >= 15 is 0 Å². The van der Waals surface area contributed by atoms with E-state index in [-0.39, 0.29) is 12.1 Å². The number of hydrogen-bond donors (Lipinski definition) is 2. The van der Waals surface area contributed by atoms with Crippen LogP contribution in [0.1, 0.15) is 24.2 Å². The first kappa shape index (κ1) is 18.4. The molecule has 1 heterocycles. The molecule has 0 aliphatic carbocycles. The Labute approximate surface area is 147 Å². The number of carbonyl (C=O) groups excluding carboxylic acids is 1. The molecule has 0 bridgehead atoms. The number of carbonyl (C=O) groups is 1. The first-order valence-corrected chi connectivity index (χ1v) is 7.78. The molecule has 2 aromatic rings. The van der Waals surface area contributed by atoms with E-state index in [9.17, 15) is 4.79 Å². The fourth-order valence-corrected chi connectivity index (χ4v) is 2.34. The number of aryl methyl sites for hydroxylation is 1. The van der Waals surface area contributed by atoms with Crippen molar-refractivity contribution in [2.45, 2.75) is 19.9 Å². The molecule has 7 heteroatoms. The second kappa shape index (κ2) is 8.23.